The van der Waals surface area contributed by atoms with Gasteiger partial charge in [-0.1, -0.05) is 30.3 Å². The average Bonchev–Trinajstić information content (AvgIpc) is 3.21. The van der Waals surface area contributed by atoms with E-state index in [0.29, 0.717) is 23.0 Å². The van der Waals surface area contributed by atoms with E-state index in [1.165, 1.54) is 6.08 Å². The van der Waals surface area contributed by atoms with Gasteiger partial charge in [0.2, 0.25) is 5.91 Å². The minimum atomic E-state index is -0.260. The van der Waals surface area contributed by atoms with Gasteiger partial charge in [-0.2, -0.15) is 0 Å². The molecule has 34 heavy (non-hydrogen) atoms. The van der Waals surface area contributed by atoms with Gasteiger partial charge >= 0.3 is 0 Å². The van der Waals surface area contributed by atoms with Crippen LogP contribution in [0.25, 0.3) is 33.4 Å². The fraction of sp³-hybridized carbons (Fsp3) is 0.185. The maximum atomic E-state index is 11.9. The van der Waals surface area contributed by atoms with Gasteiger partial charge in [0.05, 0.1) is 10.7 Å². The van der Waals surface area contributed by atoms with Gasteiger partial charge in [0.1, 0.15) is 18.0 Å². The Morgan fingerprint density at radius 3 is 2.62 bits per heavy atom. The summed E-state index contributed by atoms with van der Waals surface area (Å²) in [4.78, 5) is 22.0. The maximum absolute atomic E-state index is 11.9. The van der Waals surface area contributed by atoms with Crippen LogP contribution in [0.1, 0.15) is 5.56 Å². The third-order valence-electron chi connectivity index (χ3n) is 5.56. The minimum absolute atomic E-state index is 0.260. The summed E-state index contributed by atoms with van der Waals surface area (Å²) in [6.45, 7) is 6.95. The SMILES string of the molecule is C=CC(=O)Nc1cc(-c2c(-c3ccc(OCCN(C)C)cc3)[nH]c3nccc(Cl)c23)ccc1C. The number of nitrogens with one attached hydrogen (secondary N) is 2. The number of carbonyl (C=O) groups excluding carboxylic acids is 1. The Bertz CT molecular complexity index is 1340. The zero-order valence-corrected chi connectivity index (χ0v) is 20.2. The highest BCUT2D eigenvalue weighted by Gasteiger charge is 2.19. The highest BCUT2D eigenvalue weighted by Crippen LogP contribution is 2.42. The van der Waals surface area contributed by atoms with Gasteiger partial charge in [-0.05, 0) is 80.2 Å². The van der Waals surface area contributed by atoms with Crippen molar-refractivity contribution in [3.63, 3.8) is 0 Å². The fourth-order valence-electron chi connectivity index (χ4n) is 3.74. The molecule has 0 bridgehead atoms. The summed E-state index contributed by atoms with van der Waals surface area (Å²) in [6, 6.07) is 15.7. The molecule has 0 aliphatic carbocycles. The number of amides is 1. The zero-order chi connectivity index (χ0) is 24.2. The predicted octanol–water partition coefficient (Wildman–Crippen LogP) is 5.92. The molecule has 174 valence electrons. The standard InChI is InChI=1S/C27H27ClN4O2/c1-5-23(33)30-22-16-19(7-6-17(22)2)24-25-21(28)12-13-29-27(25)31-26(24)18-8-10-20(11-9-18)34-15-14-32(3)4/h5-13,16H,1,14-15H2,2-4H3,(H,29,31)(H,30,33). The molecule has 4 rings (SSSR count). The minimum Gasteiger partial charge on any atom is -0.492 e. The average molecular weight is 475 g/mol. The number of ether oxygens (including phenoxy) is 1. The molecule has 6 nitrogen and oxygen atoms in total. The van der Waals surface area contributed by atoms with E-state index >= 15 is 0 Å². The lowest BCUT2D eigenvalue weighted by Crippen LogP contribution is -2.19. The molecule has 4 aromatic rings. The second-order valence-corrected chi connectivity index (χ2v) is 8.70. The smallest absolute Gasteiger partial charge is 0.247 e. The van der Waals surface area contributed by atoms with Gasteiger partial charge in [-0.25, -0.2) is 4.98 Å². The van der Waals surface area contributed by atoms with Crippen molar-refractivity contribution in [1.29, 1.82) is 0 Å². The molecule has 0 spiro atoms. The molecule has 2 aromatic heterocycles. The summed E-state index contributed by atoms with van der Waals surface area (Å²) in [5.41, 5.74) is 6.05. The second kappa shape index (κ2) is 10.1. The Hall–Kier alpha value is -3.61. The molecule has 7 heteroatoms. The van der Waals surface area contributed by atoms with Crippen molar-refractivity contribution < 1.29 is 9.53 Å². The number of aromatic nitrogens is 2. The lowest BCUT2D eigenvalue weighted by molar-refractivity contribution is -0.111. The number of rotatable bonds is 8. The van der Waals surface area contributed by atoms with Gasteiger partial charge in [0.25, 0.3) is 0 Å². The van der Waals surface area contributed by atoms with Crippen LogP contribution in [0.2, 0.25) is 5.02 Å². The number of fused-ring (bicyclic) bond motifs is 1. The van der Waals surface area contributed by atoms with Gasteiger partial charge in [-0.15, -0.1) is 0 Å². The number of carbonyl (C=O) groups is 1. The molecular weight excluding hydrogens is 448 g/mol. The Balaban J connectivity index is 1.80. The van der Waals surface area contributed by atoms with E-state index in [1.54, 1.807) is 12.3 Å². The number of halogens is 1. The van der Waals surface area contributed by atoms with Crippen LogP contribution >= 0.6 is 11.6 Å². The van der Waals surface area contributed by atoms with Crippen LogP contribution in [-0.4, -0.2) is 48.0 Å². The third kappa shape index (κ3) is 4.98. The summed E-state index contributed by atoms with van der Waals surface area (Å²) in [5, 5.41) is 4.31. The van der Waals surface area contributed by atoms with E-state index in [1.807, 2.05) is 63.5 Å². The number of benzene rings is 2. The Morgan fingerprint density at radius 1 is 1.18 bits per heavy atom. The van der Waals surface area contributed by atoms with E-state index in [4.69, 9.17) is 16.3 Å². The molecule has 0 saturated carbocycles. The van der Waals surface area contributed by atoms with Gasteiger partial charge in [-0.3, -0.25) is 4.79 Å². The summed E-state index contributed by atoms with van der Waals surface area (Å²) in [7, 11) is 4.03. The van der Waals surface area contributed by atoms with Crippen LogP contribution in [0, 0.1) is 6.92 Å². The van der Waals surface area contributed by atoms with Crippen LogP contribution in [0.3, 0.4) is 0 Å². The van der Waals surface area contributed by atoms with Crippen molar-refractivity contribution in [2.75, 3.05) is 32.6 Å². The summed E-state index contributed by atoms with van der Waals surface area (Å²) < 4.78 is 5.84. The van der Waals surface area contributed by atoms with E-state index in [2.05, 4.69) is 26.8 Å². The molecule has 0 unspecified atom stereocenters. The summed E-state index contributed by atoms with van der Waals surface area (Å²) in [5.74, 6) is 0.549. The van der Waals surface area contributed by atoms with Crippen LogP contribution in [0.4, 0.5) is 5.69 Å². The van der Waals surface area contributed by atoms with Crippen molar-refractivity contribution >= 4 is 34.2 Å². The Morgan fingerprint density at radius 2 is 1.91 bits per heavy atom. The van der Waals surface area contributed by atoms with E-state index in [-0.39, 0.29) is 5.91 Å². The molecule has 0 saturated heterocycles. The monoisotopic (exact) mass is 474 g/mol. The first-order valence-corrected chi connectivity index (χ1v) is 11.3. The van der Waals surface area contributed by atoms with Gasteiger partial charge in [0, 0.05) is 29.4 Å². The number of pyridine rings is 1. The Labute approximate surface area is 204 Å². The largest absolute Gasteiger partial charge is 0.492 e. The zero-order valence-electron chi connectivity index (χ0n) is 19.5. The second-order valence-electron chi connectivity index (χ2n) is 8.29. The first-order valence-electron chi connectivity index (χ1n) is 11.0. The van der Waals surface area contributed by atoms with Crippen LogP contribution in [0.5, 0.6) is 5.75 Å². The molecule has 2 N–H and O–H groups in total. The van der Waals surface area contributed by atoms with Crippen molar-refractivity contribution in [2.24, 2.45) is 0 Å². The number of anilines is 1. The molecule has 0 fully saturated rings. The van der Waals surface area contributed by atoms with E-state index < -0.39 is 0 Å². The quantitative estimate of drug-likeness (QED) is 0.311. The first-order chi connectivity index (χ1) is 16.4. The molecule has 2 aromatic carbocycles. The highest BCUT2D eigenvalue weighted by atomic mass is 35.5. The molecular formula is C27H27ClN4O2. The van der Waals surface area contributed by atoms with Crippen molar-refractivity contribution in [3.8, 4) is 28.1 Å². The van der Waals surface area contributed by atoms with Gasteiger partial charge in [0.15, 0.2) is 0 Å². The van der Waals surface area contributed by atoms with Gasteiger partial charge < -0.3 is 19.9 Å². The van der Waals surface area contributed by atoms with Crippen LogP contribution in [-0.2, 0) is 4.79 Å². The predicted molar refractivity (Wildman–Crippen MR) is 140 cm³/mol. The number of nitrogens with zero attached hydrogens (tertiary/aromatic N) is 2. The topological polar surface area (TPSA) is 70.2 Å². The van der Waals surface area contributed by atoms with Crippen molar-refractivity contribution in [2.45, 2.75) is 6.92 Å². The molecule has 0 radical (unpaired) electrons. The maximum Gasteiger partial charge on any atom is 0.247 e. The number of hydrogen-bond acceptors (Lipinski definition) is 4. The molecule has 0 aliphatic heterocycles. The van der Waals surface area contributed by atoms with E-state index in [9.17, 15) is 4.79 Å². The lowest BCUT2D eigenvalue weighted by Gasteiger charge is -2.13. The third-order valence-corrected chi connectivity index (χ3v) is 5.88. The summed E-state index contributed by atoms with van der Waals surface area (Å²) >= 11 is 6.63. The highest BCUT2D eigenvalue weighted by molar-refractivity contribution is 6.36. The fourth-order valence-corrected chi connectivity index (χ4v) is 3.98. The molecule has 1 amide bonds. The lowest BCUT2D eigenvalue weighted by atomic mass is 9.97. The normalized spacial score (nSPS) is 11.1. The van der Waals surface area contributed by atoms with Crippen LogP contribution in [0.15, 0.2) is 67.4 Å². The Kier molecular flexibility index (Phi) is 7.01. The summed E-state index contributed by atoms with van der Waals surface area (Å²) in [6.07, 6.45) is 2.94. The molecule has 0 atom stereocenters. The van der Waals surface area contributed by atoms with Crippen molar-refractivity contribution in [3.05, 3.63) is 78.0 Å². The van der Waals surface area contributed by atoms with Crippen LogP contribution < -0.4 is 10.1 Å². The number of likely N-dealkylation sites (N-methyl/N-ethyl adjacent to an activating group) is 1. The van der Waals surface area contributed by atoms with Crippen molar-refractivity contribution in [1.82, 2.24) is 14.9 Å². The first kappa shape index (κ1) is 23.5. The number of aromatic amines is 1. The molecule has 0 aliphatic rings. The van der Waals surface area contributed by atoms with E-state index in [0.717, 1.165) is 45.6 Å². The number of H-pyrrole nitrogens is 1. The molecule has 2 heterocycles. The number of aryl methyl sites for hydroxylation is 1. The number of hydrogen-bond donors (Lipinski definition) is 2.